The van der Waals surface area contributed by atoms with Gasteiger partial charge in [-0.2, -0.15) is 0 Å². The molecule has 1 N–H and O–H groups in total. The number of carboxylic acids is 1. The van der Waals surface area contributed by atoms with Gasteiger partial charge >= 0.3 is 5.97 Å². The van der Waals surface area contributed by atoms with Crippen molar-refractivity contribution in [2.24, 2.45) is 0 Å². The lowest BCUT2D eigenvalue weighted by Crippen LogP contribution is -2.15. The first kappa shape index (κ1) is 17.7. The second kappa shape index (κ2) is 6.86. The van der Waals surface area contributed by atoms with Gasteiger partial charge < -0.3 is 5.11 Å². The maximum atomic E-state index is 11.2. The van der Waals surface area contributed by atoms with E-state index >= 15 is 0 Å². The van der Waals surface area contributed by atoms with Crippen LogP contribution in [0.2, 0.25) is 0 Å². The van der Waals surface area contributed by atoms with E-state index in [1.807, 2.05) is 19.9 Å². The summed E-state index contributed by atoms with van der Waals surface area (Å²) in [6.07, 6.45) is 8.39. The Hall–Kier alpha value is -2.63. The van der Waals surface area contributed by atoms with Crippen molar-refractivity contribution < 1.29 is 9.90 Å². The molecule has 2 heterocycles. The van der Waals surface area contributed by atoms with Crippen LogP contribution in [0.4, 0.5) is 0 Å². The van der Waals surface area contributed by atoms with Gasteiger partial charge in [-0.3, -0.25) is 0 Å². The zero-order valence-electron chi connectivity index (χ0n) is 14.6. The first-order chi connectivity index (χ1) is 11.2. The molecule has 2 aromatic rings. The van der Waals surface area contributed by atoms with Crippen LogP contribution in [0, 0.1) is 0 Å². The largest absolute Gasteiger partial charge is 0.478 e. The van der Waals surface area contributed by atoms with Gasteiger partial charge in [-0.05, 0) is 18.1 Å². The predicted octanol–water partition coefficient (Wildman–Crippen LogP) is 3.56. The Labute approximate surface area is 141 Å². The number of carboxylic acid groups (broad SMARTS) is 1. The van der Waals surface area contributed by atoms with Crippen molar-refractivity contribution in [3.8, 4) is 0 Å². The van der Waals surface area contributed by atoms with Gasteiger partial charge in [0.2, 0.25) is 0 Å². The maximum absolute atomic E-state index is 11.2. The fourth-order valence-corrected chi connectivity index (χ4v) is 2.08. The topological polar surface area (TPSA) is 88.9 Å². The van der Waals surface area contributed by atoms with E-state index in [0.717, 1.165) is 11.4 Å². The molecule has 0 atom stereocenters. The first-order valence-corrected chi connectivity index (χ1v) is 7.79. The third-order valence-electron chi connectivity index (χ3n) is 3.38. The Morgan fingerprint density at radius 1 is 1.08 bits per heavy atom. The van der Waals surface area contributed by atoms with Gasteiger partial charge in [0.1, 0.15) is 5.82 Å². The lowest BCUT2D eigenvalue weighted by molar-refractivity contribution is 0.0694. The molecule has 0 radical (unpaired) electrons. The van der Waals surface area contributed by atoms with Crippen LogP contribution in [0.3, 0.4) is 0 Å². The standard InChI is InChI=1S/C18H22N4O2/c1-11(2)15-13(16(23)24)10-19-14(22-15)7-6-12-8-20-17(21-9-12)18(3,4)5/h6-11H,1-5H3,(H,23,24)/b7-6+. The molecule has 0 aliphatic heterocycles. The predicted molar refractivity (Wildman–Crippen MR) is 92.7 cm³/mol. The summed E-state index contributed by atoms with van der Waals surface area (Å²) in [6.45, 7) is 9.98. The highest BCUT2D eigenvalue weighted by Gasteiger charge is 2.17. The van der Waals surface area contributed by atoms with Crippen LogP contribution in [0.1, 0.15) is 73.8 Å². The lowest BCUT2D eigenvalue weighted by Gasteiger charge is -2.15. The van der Waals surface area contributed by atoms with Crippen molar-refractivity contribution in [1.29, 1.82) is 0 Å². The molecule has 0 bridgehead atoms. The monoisotopic (exact) mass is 326 g/mol. The number of rotatable bonds is 4. The van der Waals surface area contributed by atoms with Crippen LogP contribution >= 0.6 is 0 Å². The van der Waals surface area contributed by atoms with Gasteiger partial charge in [0.25, 0.3) is 0 Å². The smallest absolute Gasteiger partial charge is 0.339 e. The third kappa shape index (κ3) is 4.22. The molecule has 0 aromatic carbocycles. The number of carbonyl (C=O) groups is 1. The summed E-state index contributed by atoms with van der Waals surface area (Å²) >= 11 is 0. The van der Waals surface area contributed by atoms with E-state index in [1.54, 1.807) is 18.5 Å². The summed E-state index contributed by atoms with van der Waals surface area (Å²) in [4.78, 5) is 28.4. The van der Waals surface area contributed by atoms with Crippen LogP contribution in [-0.4, -0.2) is 31.0 Å². The van der Waals surface area contributed by atoms with Crippen LogP contribution in [0.25, 0.3) is 12.2 Å². The number of hydrogen-bond acceptors (Lipinski definition) is 5. The molecule has 0 aliphatic carbocycles. The Kier molecular flexibility index (Phi) is 5.07. The summed E-state index contributed by atoms with van der Waals surface area (Å²) in [6, 6.07) is 0. The lowest BCUT2D eigenvalue weighted by atomic mass is 9.96. The molecule has 0 unspecified atom stereocenters. The molecule has 126 valence electrons. The normalized spacial score (nSPS) is 12.1. The summed E-state index contributed by atoms with van der Waals surface area (Å²) in [5.74, 6) is 0.230. The zero-order chi connectivity index (χ0) is 17.9. The fourth-order valence-electron chi connectivity index (χ4n) is 2.08. The third-order valence-corrected chi connectivity index (χ3v) is 3.38. The summed E-state index contributed by atoms with van der Waals surface area (Å²) in [5.41, 5.74) is 1.40. The van der Waals surface area contributed by atoms with E-state index in [9.17, 15) is 9.90 Å². The average molecular weight is 326 g/mol. The number of aromatic carboxylic acids is 1. The highest BCUT2D eigenvalue weighted by molar-refractivity contribution is 5.88. The average Bonchev–Trinajstić information content (AvgIpc) is 2.52. The Bertz CT molecular complexity index is 760. The Morgan fingerprint density at radius 2 is 1.71 bits per heavy atom. The highest BCUT2D eigenvalue weighted by Crippen LogP contribution is 2.19. The van der Waals surface area contributed by atoms with Crippen molar-refractivity contribution in [2.75, 3.05) is 0 Å². The SMILES string of the molecule is CC(C)c1nc(/C=C/c2cnc(C(C)(C)C)nc2)ncc1C(=O)O. The van der Waals surface area contributed by atoms with Crippen molar-refractivity contribution in [2.45, 2.75) is 46.0 Å². The van der Waals surface area contributed by atoms with Gasteiger partial charge in [0, 0.05) is 29.6 Å². The van der Waals surface area contributed by atoms with E-state index < -0.39 is 5.97 Å². The minimum atomic E-state index is -1.01. The molecule has 2 aromatic heterocycles. The molecule has 6 heteroatoms. The van der Waals surface area contributed by atoms with Crippen LogP contribution < -0.4 is 0 Å². The second-order valence-electron chi connectivity index (χ2n) is 6.91. The van der Waals surface area contributed by atoms with E-state index in [-0.39, 0.29) is 16.9 Å². The minimum absolute atomic E-state index is 0.000604. The molecule has 0 saturated carbocycles. The number of aromatic nitrogens is 4. The highest BCUT2D eigenvalue weighted by atomic mass is 16.4. The first-order valence-electron chi connectivity index (χ1n) is 7.79. The summed E-state index contributed by atoms with van der Waals surface area (Å²) in [5, 5.41) is 9.19. The van der Waals surface area contributed by atoms with Crippen LogP contribution in [0.15, 0.2) is 18.6 Å². The Balaban J connectivity index is 2.26. The molecule has 0 fully saturated rings. The van der Waals surface area contributed by atoms with E-state index in [0.29, 0.717) is 11.5 Å². The zero-order valence-corrected chi connectivity index (χ0v) is 14.6. The molecule has 6 nitrogen and oxygen atoms in total. The van der Waals surface area contributed by atoms with Crippen LogP contribution in [0.5, 0.6) is 0 Å². The van der Waals surface area contributed by atoms with Crippen molar-refractivity contribution in [3.63, 3.8) is 0 Å². The van der Waals surface area contributed by atoms with E-state index in [4.69, 9.17) is 0 Å². The van der Waals surface area contributed by atoms with Crippen molar-refractivity contribution in [1.82, 2.24) is 19.9 Å². The molecular weight excluding hydrogens is 304 g/mol. The fraction of sp³-hybridized carbons (Fsp3) is 0.389. The van der Waals surface area contributed by atoms with Gasteiger partial charge in [-0.1, -0.05) is 34.6 Å². The quantitative estimate of drug-likeness (QED) is 0.924. The summed E-state index contributed by atoms with van der Waals surface area (Å²) in [7, 11) is 0. The van der Waals surface area contributed by atoms with Gasteiger partial charge in [-0.25, -0.2) is 24.7 Å². The van der Waals surface area contributed by atoms with E-state index in [2.05, 4.69) is 40.7 Å². The summed E-state index contributed by atoms with van der Waals surface area (Å²) < 4.78 is 0. The maximum Gasteiger partial charge on any atom is 0.339 e. The van der Waals surface area contributed by atoms with Gasteiger partial charge in [-0.15, -0.1) is 0 Å². The van der Waals surface area contributed by atoms with Gasteiger partial charge in [0.05, 0.1) is 11.3 Å². The molecule has 2 rings (SSSR count). The molecular formula is C18H22N4O2. The molecule has 0 saturated heterocycles. The van der Waals surface area contributed by atoms with Crippen molar-refractivity contribution in [3.05, 3.63) is 47.1 Å². The number of hydrogen-bond donors (Lipinski definition) is 1. The van der Waals surface area contributed by atoms with Crippen molar-refractivity contribution >= 4 is 18.1 Å². The molecule has 24 heavy (non-hydrogen) atoms. The van der Waals surface area contributed by atoms with E-state index in [1.165, 1.54) is 6.20 Å². The molecule has 0 amide bonds. The van der Waals surface area contributed by atoms with Gasteiger partial charge in [0.15, 0.2) is 5.82 Å². The molecule has 0 spiro atoms. The molecule has 0 aliphatic rings. The Morgan fingerprint density at radius 3 is 2.21 bits per heavy atom. The second-order valence-corrected chi connectivity index (χ2v) is 6.91. The van der Waals surface area contributed by atoms with Crippen LogP contribution in [-0.2, 0) is 5.41 Å². The minimum Gasteiger partial charge on any atom is -0.478 e. The number of nitrogens with zero attached hydrogens (tertiary/aromatic N) is 4.